The van der Waals surface area contributed by atoms with Gasteiger partial charge >= 0.3 is 17.1 Å². The first-order valence-corrected chi connectivity index (χ1v) is 19.3. The first-order chi connectivity index (χ1) is 23.7. The minimum atomic E-state index is -1.08. The van der Waals surface area contributed by atoms with Crippen molar-refractivity contribution in [2.24, 2.45) is 0 Å². The molecule has 8 aromatic rings. The van der Waals surface area contributed by atoms with E-state index < -0.39 is 15.8 Å². The molecule has 0 spiro atoms. The van der Waals surface area contributed by atoms with Gasteiger partial charge in [-0.1, -0.05) is 109 Å². The molecule has 0 N–H and O–H groups in total. The van der Waals surface area contributed by atoms with Gasteiger partial charge in [0.1, 0.15) is 58.7 Å². The largest absolute Gasteiger partial charge is 2.00 e. The molecular formula is C46H44Cu2N2P2+2. The normalized spacial score (nSPS) is 10.2. The number of hydrogen-bond donors (Lipinski definition) is 0. The van der Waals surface area contributed by atoms with Gasteiger partial charge in [0.2, 0.25) is 0 Å². The van der Waals surface area contributed by atoms with Gasteiger partial charge in [-0.15, -0.1) is 0 Å². The molecule has 0 fully saturated rings. The molecule has 52 heavy (non-hydrogen) atoms. The summed E-state index contributed by atoms with van der Waals surface area (Å²) in [5, 5.41) is 10.7. The smallest absolute Gasteiger partial charge is 0.358 e. The first kappa shape index (κ1) is 42.5. The maximum atomic E-state index is 4.87. The van der Waals surface area contributed by atoms with Gasteiger partial charge in [-0.3, -0.25) is 0 Å². The third kappa shape index (κ3) is 9.72. The van der Waals surface area contributed by atoms with Crippen LogP contribution >= 0.6 is 15.8 Å². The van der Waals surface area contributed by atoms with Gasteiger partial charge in [0.15, 0.2) is 0 Å². The van der Waals surface area contributed by atoms with E-state index in [2.05, 4.69) is 196 Å². The van der Waals surface area contributed by atoms with E-state index in [1.165, 1.54) is 42.6 Å². The molecule has 0 aliphatic rings. The van der Waals surface area contributed by atoms with E-state index >= 15 is 0 Å². The zero-order valence-corrected chi connectivity index (χ0v) is 33.7. The minimum Gasteiger partial charge on any atom is -0.358 e. The van der Waals surface area contributed by atoms with E-state index in [4.69, 9.17) is 9.97 Å². The second-order valence-corrected chi connectivity index (χ2v) is 16.8. The molecule has 2 nitrogen and oxygen atoms in total. The van der Waals surface area contributed by atoms with E-state index in [0.717, 1.165) is 22.4 Å². The molecule has 0 unspecified atom stereocenters. The molecule has 2 radical (unpaired) electrons. The fourth-order valence-corrected chi connectivity index (χ4v) is 11.7. The van der Waals surface area contributed by atoms with Gasteiger partial charge in [0, 0.05) is 39.2 Å². The second kappa shape index (κ2) is 20.3. The van der Waals surface area contributed by atoms with Crippen LogP contribution in [0, 0.1) is 28.7 Å². The Bertz CT molecular complexity index is 2030. The molecule has 2 heterocycles. The molecule has 0 saturated carbocycles. The molecule has 0 atom stereocenters. The van der Waals surface area contributed by atoms with E-state index in [1.807, 2.05) is 0 Å². The number of pyridine rings is 2. The van der Waals surface area contributed by atoms with Gasteiger partial charge < -0.3 is 14.9 Å². The number of fused-ring (bicyclic) bond motifs is 2. The number of para-hydroxylation sites is 2. The molecule has 2 aromatic heterocycles. The van der Waals surface area contributed by atoms with Crippen LogP contribution in [0.1, 0.15) is 11.4 Å². The average molecular weight is 814 g/mol. The minimum absolute atomic E-state index is 0. The summed E-state index contributed by atoms with van der Waals surface area (Å²) in [7, 11) is -2.16. The SMILES string of the molecule is Cc1ccc2cccc([PH+](c3ccccc3)c3ccccc3)c2n1.Cc1ccc2cccc([PH+](c3ccccc3)c3ccccc3)c2n1.[CH3-].[CH3-].[Cu+2].[Cu]. The van der Waals surface area contributed by atoms with Crippen molar-refractivity contribution in [2.75, 3.05) is 0 Å². The number of nitrogens with zero attached hydrogens (tertiary/aromatic N) is 2. The van der Waals surface area contributed by atoms with Gasteiger partial charge in [0.05, 0.1) is 0 Å². The Kier molecular flexibility index (Phi) is 16.6. The van der Waals surface area contributed by atoms with Crippen LogP contribution in [-0.4, -0.2) is 9.97 Å². The Morgan fingerprint density at radius 1 is 0.346 bits per heavy atom. The fraction of sp³-hybridized carbons (Fsp3) is 0.0435. The van der Waals surface area contributed by atoms with Gasteiger partial charge in [-0.05, 0) is 86.6 Å². The van der Waals surface area contributed by atoms with Crippen molar-refractivity contribution in [2.45, 2.75) is 13.8 Å². The summed E-state index contributed by atoms with van der Waals surface area (Å²) in [5.41, 5.74) is 4.41. The number of benzene rings is 6. The van der Waals surface area contributed by atoms with Crippen LogP contribution in [0.4, 0.5) is 0 Å². The van der Waals surface area contributed by atoms with Crippen molar-refractivity contribution in [1.29, 1.82) is 0 Å². The Balaban J connectivity index is 0.000000260. The number of hydrogen-bond acceptors (Lipinski definition) is 2. The molecular weight excluding hydrogens is 770 g/mol. The summed E-state index contributed by atoms with van der Waals surface area (Å²) < 4.78 is 0. The summed E-state index contributed by atoms with van der Waals surface area (Å²) in [6.45, 7) is 4.13. The Labute approximate surface area is 333 Å². The van der Waals surface area contributed by atoms with Crippen LogP contribution in [0.15, 0.2) is 182 Å². The molecule has 0 amide bonds. The van der Waals surface area contributed by atoms with Crippen molar-refractivity contribution >= 4 is 69.5 Å². The Morgan fingerprint density at radius 3 is 0.923 bits per heavy atom. The monoisotopic (exact) mass is 812 g/mol. The van der Waals surface area contributed by atoms with Gasteiger partial charge in [-0.2, -0.15) is 0 Å². The van der Waals surface area contributed by atoms with Crippen molar-refractivity contribution in [3.05, 3.63) is 208 Å². The maximum Gasteiger partial charge on any atom is 2.00 e. The molecule has 8 rings (SSSR count). The van der Waals surface area contributed by atoms with Crippen molar-refractivity contribution < 1.29 is 34.1 Å². The van der Waals surface area contributed by atoms with Crippen molar-refractivity contribution in [3.8, 4) is 0 Å². The van der Waals surface area contributed by atoms with Crippen molar-refractivity contribution in [1.82, 2.24) is 9.97 Å². The van der Waals surface area contributed by atoms with E-state index in [1.54, 1.807) is 0 Å². The fourth-order valence-electron chi connectivity index (χ4n) is 6.27. The summed E-state index contributed by atoms with van der Waals surface area (Å²) in [4.78, 5) is 9.75. The summed E-state index contributed by atoms with van der Waals surface area (Å²) in [6.07, 6.45) is 0. The van der Waals surface area contributed by atoms with E-state index in [0.29, 0.717) is 0 Å². The second-order valence-electron chi connectivity index (χ2n) is 11.9. The zero-order chi connectivity index (χ0) is 32.7. The third-order valence-corrected chi connectivity index (χ3v) is 14.0. The maximum absolute atomic E-state index is 4.87. The molecule has 0 aliphatic carbocycles. The van der Waals surface area contributed by atoms with Crippen LogP contribution in [0.25, 0.3) is 21.8 Å². The van der Waals surface area contributed by atoms with Crippen LogP contribution in [0.5, 0.6) is 0 Å². The molecule has 0 bridgehead atoms. The summed E-state index contributed by atoms with van der Waals surface area (Å²) in [6, 6.07) is 65.0. The quantitative estimate of drug-likeness (QED) is 0.0953. The standard InChI is InChI=1S/2C22H18NP.2CH3.2Cu/c2*1-17-15-16-18-9-8-14-21(22(18)23-17)24(19-10-4-2-5-11-19)20-12-6-3-7-13-20;;;;/h2*2-16H,1H3;2*1H3;;/q;;2*-1;;+2/p+2. The number of rotatable bonds is 6. The zero-order valence-electron chi connectivity index (χ0n) is 29.8. The molecule has 6 aromatic carbocycles. The molecule has 268 valence electrons. The molecule has 6 heteroatoms. The first-order valence-electron chi connectivity index (χ1n) is 16.3. The number of aromatic nitrogens is 2. The van der Waals surface area contributed by atoms with Crippen molar-refractivity contribution in [3.63, 3.8) is 0 Å². The van der Waals surface area contributed by atoms with E-state index in [-0.39, 0.29) is 49.0 Å². The topological polar surface area (TPSA) is 25.8 Å². The Hall–Kier alpha value is -3.96. The molecule has 0 aliphatic heterocycles. The Morgan fingerprint density at radius 2 is 0.635 bits per heavy atom. The van der Waals surface area contributed by atoms with Crippen LogP contribution in [0.2, 0.25) is 0 Å². The summed E-state index contributed by atoms with van der Waals surface area (Å²) in [5.74, 6) is 0. The van der Waals surface area contributed by atoms with Crippen LogP contribution in [-0.2, 0) is 34.1 Å². The predicted molar refractivity (Wildman–Crippen MR) is 226 cm³/mol. The summed E-state index contributed by atoms with van der Waals surface area (Å²) >= 11 is 0. The van der Waals surface area contributed by atoms with Gasteiger partial charge in [-0.25, -0.2) is 9.97 Å². The number of aryl methyl sites for hydroxylation is 2. The predicted octanol–water partition coefficient (Wildman–Crippen LogP) is 8.96. The molecule has 0 saturated heterocycles. The van der Waals surface area contributed by atoms with E-state index in [9.17, 15) is 0 Å². The average Bonchev–Trinajstić information content (AvgIpc) is 3.14. The van der Waals surface area contributed by atoms with Crippen LogP contribution < -0.4 is 31.8 Å². The third-order valence-electron chi connectivity index (χ3n) is 8.51. The van der Waals surface area contributed by atoms with Gasteiger partial charge in [0.25, 0.3) is 0 Å². The van der Waals surface area contributed by atoms with Crippen LogP contribution in [0.3, 0.4) is 0 Å².